The number of ether oxygens (including phenoxy) is 1. The predicted molar refractivity (Wildman–Crippen MR) is 78.0 cm³/mol. The van der Waals surface area contributed by atoms with Crippen LogP contribution in [0.25, 0.3) is 0 Å². The summed E-state index contributed by atoms with van der Waals surface area (Å²) >= 11 is 0. The first-order valence-corrected chi connectivity index (χ1v) is 7.94. The van der Waals surface area contributed by atoms with Crippen LogP contribution in [0.2, 0.25) is 0 Å². The van der Waals surface area contributed by atoms with Gasteiger partial charge in [0.15, 0.2) is 9.84 Å². The molecular weight excluding hydrogens is 294 g/mol. The van der Waals surface area contributed by atoms with Gasteiger partial charge in [0.1, 0.15) is 5.75 Å². The highest BCUT2D eigenvalue weighted by Crippen LogP contribution is 2.09. The lowest BCUT2D eigenvalue weighted by atomic mass is 10.1. The number of sulfone groups is 1. The van der Waals surface area contributed by atoms with Crippen molar-refractivity contribution in [2.75, 3.05) is 12.9 Å². The molecule has 0 saturated carbocycles. The molecule has 0 aromatic heterocycles. The molecule has 0 fully saturated rings. The maximum Gasteiger partial charge on any atom is 0.320 e. The van der Waals surface area contributed by atoms with E-state index in [-0.39, 0.29) is 11.7 Å². The molecule has 0 aliphatic carbocycles. The first kappa shape index (κ1) is 16.9. The van der Waals surface area contributed by atoms with Crippen molar-refractivity contribution < 1.29 is 22.7 Å². The molecule has 1 aromatic carbocycles. The highest BCUT2D eigenvalue weighted by molar-refractivity contribution is 7.91. The molecule has 1 aromatic rings. The average Bonchev–Trinajstić information content (AvgIpc) is 2.45. The lowest BCUT2D eigenvalue weighted by molar-refractivity contribution is -0.137. The summed E-state index contributed by atoms with van der Waals surface area (Å²) in [5, 5.41) is 2.61. The average molecular weight is 311 g/mol. The van der Waals surface area contributed by atoms with Crippen molar-refractivity contribution in [3.05, 3.63) is 48.0 Å². The second-order valence-electron chi connectivity index (χ2n) is 4.35. The summed E-state index contributed by atoms with van der Waals surface area (Å²) in [5.41, 5.74) is 1.40. The summed E-state index contributed by atoms with van der Waals surface area (Å²) in [7, 11) is -2.40. The van der Waals surface area contributed by atoms with E-state index in [1.54, 1.807) is 24.3 Å². The molecule has 0 atom stereocenters. The SMILES string of the molecule is C=CC(=O)NCc1ccc(CS(=O)(=O)CC(=O)OC)cc1. The minimum absolute atomic E-state index is 0.235. The molecule has 1 N–H and O–H groups in total. The normalized spacial score (nSPS) is 10.7. The first-order chi connectivity index (χ1) is 9.86. The number of methoxy groups -OCH3 is 1. The standard InChI is InChI=1S/C14H17NO5S/c1-3-13(16)15-8-11-4-6-12(7-5-11)9-21(18,19)10-14(17)20-2/h3-7H,1,8-10H2,2H3,(H,15,16). The summed E-state index contributed by atoms with van der Waals surface area (Å²) < 4.78 is 27.8. The molecular formula is C14H17NO5S. The smallest absolute Gasteiger partial charge is 0.320 e. The molecule has 0 aliphatic rings. The first-order valence-electron chi connectivity index (χ1n) is 6.11. The number of benzene rings is 1. The van der Waals surface area contributed by atoms with Crippen molar-refractivity contribution in [1.29, 1.82) is 0 Å². The van der Waals surface area contributed by atoms with E-state index < -0.39 is 21.6 Å². The summed E-state index contributed by atoms with van der Waals surface area (Å²) in [4.78, 5) is 22.0. The van der Waals surface area contributed by atoms with Crippen molar-refractivity contribution >= 4 is 21.7 Å². The second-order valence-corrected chi connectivity index (χ2v) is 6.41. The van der Waals surface area contributed by atoms with Crippen LogP contribution in [-0.4, -0.2) is 33.2 Å². The minimum Gasteiger partial charge on any atom is -0.468 e. The third kappa shape index (κ3) is 6.22. The van der Waals surface area contributed by atoms with Gasteiger partial charge in [-0.3, -0.25) is 9.59 Å². The maximum atomic E-state index is 11.7. The highest BCUT2D eigenvalue weighted by Gasteiger charge is 2.17. The van der Waals surface area contributed by atoms with Crippen molar-refractivity contribution in [3.63, 3.8) is 0 Å². The van der Waals surface area contributed by atoms with Crippen molar-refractivity contribution in [2.45, 2.75) is 12.3 Å². The Hall–Kier alpha value is -2.15. The highest BCUT2D eigenvalue weighted by atomic mass is 32.2. The number of esters is 1. The predicted octanol–water partition coefficient (Wildman–Crippen LogP) is 0.577. The van der Waals surface area contributed by atoms with E-state index in [1.807, 2.05) is 0 Å². The van der Waals surface area contributed by atoms with Crippen molar-refractivity contribution in [1.82, 2.24) is 5.32 Å². The van der Waals surface area contributed by atoms with E-state index in [2.05, 4.69) is 16.6 Å². The van der Waals surface area contributed by atoms with Gasteiger partial charge in [0.2, 0.25) is 5.91 Å². The fraction of sp³-hybridized carbons (Fsp3) is 0.286. The molecule has 0 aliphatic heterocycles. The number of rotatable bonds is 7. The van der Waals surface area contributed by atoms with Gasteiger partial charge in [-0.15, -0.1) is 0 Å². The zero-order valence-electron chi connectivity index (χ0n) is 11.7. The second kappa shape index (κ2) is 7.58. The van der Waals surface area contributed by atoms with Gasteiger partial charge >= 0.3 is 5.97 Å². The molecule has 7 heteroatoms. The van der Waals surface area contributed by atoms with Gasteiger partial charge in [-0.25, -0.2) is 8.42 Å². The van der Waals surface area contributed by atoms with Crippen molar-refractivity contribution in [2.24, 2.45) is 0 Å². The van der Waals surface area contributed by atoms with E-state index in [1.165, 1.54) is 6.08 Å². The molecule has 21 heavy (non-hydrogen) atoms. The van der Waals surface area contributed by atoms with E-state index in [9.17, 15) is 18.0 Å². The van der Waals surface area contributed by atoms with Gasteiger partial charge in [0.05, 0.1) is 12.9 Å². The van der Waals surface area contributed by atoms with Gasteiger partial charge in [-0.05, 0) is 17.2 Å². The zero-order valence-corrected chi connectivity index (χ0v) is 12.5. The molecule has 0 bridgehead atoms. The Kier molecular flexibility index (Phi) is 6.10. The number of carbonyl (C=O) groups excluding carboxylic acids is 2. The monoisotopic (exact) mass is 311 g/mol. The quantitative estimate of drug-likeness (QED) is 0.587. The molecule has 1 amide bonds. The summed E-state index contributed by atoms with van der Waals surface area (Å²) in [6.07, 6.45) is 1.17. The Balaban J connectivity index is 2.64. The van der Waals surface area contributed by atoms with Crippen LogP contribution in [0.3, 0.4) is 0 Å². The Morgan fingerprint density at radius 2 is 1.81 bits per heavy atom. The van der Waals surface area contributed by atoms with E-state index >= 15 is 0 Å². The van der Waals surface area contributed by atoms with E-state index in [4.69, 9.17) is 0 Å². The van der Waals surface area contributed by atoms with Gasteiger partial charge < -0.3 is 10.1 Å². The van der Waals surface area contributed by atoms with Crippen LogP contribution in [0.1, 0.15) is 11.1 Å². The Bertz CT molecular complexity index is 619. The van der Waals surface area contributed by atoms with Gasteiger partial charge in [0.25, 0.3) is 0 Å². The number of nitrogens with one attached hydrogen (secondary N) is 1. The summed E-state index contributed by atoms with van der Waals surface area (Å²) in [6, 6.07) is 6.72. The molecule has 0 radical (unpaired) electrons. The van der Waals surface area contributed by atoms with Gasteiger partial charge in [0, 0.05) is 6.54 Å². The lowest BCUT2D eigenvalue weighted by Crippen LogP contribution is -2.20. The third-order valence-electron chi connectivity index (χ3n) is 2.63. The Labute approximate surface area is 123 Å². The van der Waals surface area contributed by atoms with Crippen LogP contribution in [0.15, 0.2) is 36.9 Å². The van der Waals surface area contributed by atoms with Crippen LogP contribution in [0, 0.1) is 0 Å². The topological polar surface area (TPSA) is 89.5 Å². The molecule has 114 valence electrons. The Morgan fingerprint density at radius 3 is 2.33 bits per heavy atom. The van der Waals surface area contributed by atoms with E-state index in [0.717, 1.165) is 12.7 Å². The number of hydrogen-bond acceptors (Lipinski definition) is 5. The van der Waals surface area contributed by atoms with Crippen LogP contribution in [-0.2, 0) is 36.5 Å². The largest absolute Gasteiger partial charge is 0.468 e. The minimum atomic E-state index is -3.55. The fourth-order valence-corrected chi connectivity index (χ4v) is 2.84. The molecule has 1 rings (SSSR count). The van der Waals surface area contributed by atoms with Crippen LogP contribution >= 0.6 is 0 Å². The van der Waals surface area contributed by atoms with Crippen LogP contribution in [0.5, 0.6) is 0 Å². The molecule has 0 saturated heterocycles. The molecule has 6 nitrogen and oxygen atoms in total. The van der Waals surface area contributed by atoms with Crippen molar-refractivity contribution in [3.8, 4) is 0 Å². The Morgan fingerprint density at radius 1 is 1.24 bits per heavy atom. The van der Waals surface area contributed by atoms with E-state index in [0.29, 0.717) is 12.1 Å². The molecule has 0 heterocycles. The number of carbonyl (C=O) groups is 2. The van der Waals surface area contributed by atoms with Gasteiger partial charge in [-0.1, -0.05) is 30.8 Å². The third-order valence-corrected chi connectivity index (χ3v) is 4.08. The molecule has 0 spiro atoms. The summed E-state index contributed by atoms with van der Waals surface area (Å²) in [5.74, 6) is -1.93. The maximum absolute atomic E-state index is 11.7. The molecule has 0 unspecified atom stereocenters. The van der Waals surface area contributed by atoms with Gasteiger partial charge in [-0.2, -0.15) is 0 Å². The number of amides is 1. The summed E-state index contributed by atoms with van der Waals surface area (Å²) in [6.45, 7) is 3.67. The van der Waals surface area contributed by atoms with Crippen LogP contribution in [0.4, 0.5) is 0 Å². The fourth-order valence-electron chi connectivity index (χ4n) is 1.56. The lowest BCUT2D eigenvalue weighted by Gasteiger charge is -2.06. The zero-order chi connectivity index (χ0) is 15.9. The van der Waals surface area contributed by atoms with Crippen LogP contribution < -0.4 is 5.32 Å². The number of hydrogen-bond donors (Lipinski definition) is 1.